The summed E-state index contributed by atoms with van der Waals surface area (Å²) >= 11 is 1.49. The first-order valence-corrected chi connectivity index (χ1v) is 15.6. The first kappa shape index (κ1) is 30.4. The molecule has 1 N–H and O–H groups in total. The van der Waals surface area contributed by atoms with Crippen molar-refractivity contribution in [3.63, 3.8) is 0 Å². The average Bonchev–Trinajstić information content (AvgIpc) is 3.02. The molecule has 0 heterocycles. The van der Waals surface area contributed by atoms with Crippen LogP contribution in [0, 0.1) is 0 Å². The monoisotopic (exact) mass is 603 g/mol. The van der Waals surface area contributed by atoms with Crippen molar-refractivity contribution in [1.29, 1.82) is 0 Å². The first-order valence-electron chi connectivity index (χ1n) is 12.9. The zero-order valence-corrected chi connectivity index (χ0v) is 24.6. The van der Waals surface area contributed by atoms with Crippen LogP contribution in [0.5, 0.6) is 11.5 Å². The van der Waals surface area contributed by atoms with Gasteiger partial charge in [-0.1, -0.05) is 18.2 Å². The Morgan fingerprint density at radius 2 is 1.52 bits per heavy atom. The Labute approximate surface area is 249 Å². The molecule has 0 aliphatic carbocycles. The normalized spacial score (nSPS) is 11.2. The third-order valence-electron chi connectivity index (χ3n) is 5.87. The fourth-order valence-electron chi connectivity index (χ4n) is 3.77. The van der Waals surface area contributed by atoms with Gasteiger partial charge >= 0.3 is 5.97 Å². The van der Waals surface area contributed by atoms with Gasteiger partial charge in [0, 0.05) is 4.90 Å². The molecule has 11 heteroatoms. The summed E-state index contributed by atoms with van der Waals surface area (Å²) in [6.45, 7) is 1.81. The molecule has 0 unspecified atom stereocenters. The quantitative estimate of drug-likeness (QED) is 0.0761. The average molecular weight is 604 g/mol. The van der Waals surface area contributed by atoms with Crippen LogP contribution in [0.2, 0.25) is 0 Å². The van der Waals surface area contributed by atoms with Crippen molar-refractivity contribution >= 4 is 45.6 Å². The van der Waals surface area contributed by atoms with Crippen molar-refractivity contribution in [3.05, 3.63) is 114 Å². The molecule has 216 valence electrons. The molecule has 0 saturated carbocycles. The first-order chi connectivity index (χ1) is 20.3. The Kier molecular flexibility index (Phi) is 10.4. The van der Waals surface area contributed by atoms with Crippen molar-refractivity contribution in [2.24, 2.45) is 5.10 Å². The van der Waals surface area contributed by atoms with E-state index in [1.807, 2.05) is 19.2 Å². The summed E-state index contributed by atoms with van der Waals surface area (Å²) < 4.78 is 39.1. The third-order valence-corrected chi connectivity index (χ3v) is 8.41. The van der Waals surface area contributed by atoms with Crippen molar-refractivity contribution in [1.82, 2.24) is 5.43 Å². The van der Waals surface area contributed by atoms with Crippen LogP contribution in [0.1, 0.15) is 22.8 Å². The number of benzene rings is 4. The summed E-state index contributed by atoms with van der Waals surface area (Å²) in [6, 6.07) is 28.1. The maximum atomic E-state index is 13.6. The summed E-state index contributed by atoms with van der Waals surface area (Å²) in [6.07, 6.45) is 3.30. The standard InChI is InChI=1S/C31H29N3O6S2/c1-3-39-26-15-11-25(12-16-26)34(42(37,38)29-19-17-28(41-2)18-20-29)22-30(35)33-32-21-23-9-13-27(14-10-23)40-31(36)24-7-5-4-6-8-24/h4-21H,3,22H2,1-2H3,(H,33,35). The molecule has 1 amide bonds. The van der Waals surface area contributed by atoms with E-state index >= 15 is 0 Å². The number of hydrogen-bond acceptors (Lipinski definition) is 8. The highest BCUT2D eigenvalue weighted by Gasteiger charge is 2.27. The second kappa shape index (κ2) is 14.3. The van der Waals surface area contributed by atoms with E-state index in [0.29, 0.717) is 34.9 Å². The third kappa shape index (κ3) is 7.99. The van der Waals surface area contributed by atoms with Crippen LogP contribution in [0.3, 0.4) is 0 Å². The van der Waals surface area contributed by atoms with Gasteiger partial charge in [0.1, 0.15) is 18.0 Å². The lowest BCUT2D eigenvalue weighted by atomic mass is 10.2. The number of thioether (sulfide) groups is 1. The number of ether oxygens (including phenoxy) is 2. The van der Waals surface area contributed by atoms with Gasteiger partial charge in [-0.05, 0) is 104 Å². The highest BCUT2D eigenvalue weighted by atomic mass is 32.2. The smallest absolute Gasteiger partial charge is 0.343 e. The van der Waals surface area contributed by atoms with Crippen LogP contribution in [0.4, 0.5) is 5.69 Å². The highest BCUT2D eigenvalue weighted by Crippen LogP contribution is 2.27. The molecule has 0 bridgehead atoms. The number of rotatable bonds is 12. The number of hydrazone groups is 1. The lowest BCUT2D eigenvalue weighted by molar-refractivity contribution is -0.119. The summed E-state index contributed by atoms with van der Waals surface area (Å²) in [7, 11) is -4.08. The molecule has 0 aliphatic rings. The lowest BCUT2D eigenvalue weighted by Crippen LogP contribution is -2.39. The molecule has 0 spiro atoms. The number of carbonyl (C=O) groups is 2. The molecule has 0 fully saturated rings. The molecule has 0 aliphatic heterocycles. The van der Waals surface area contributed by atoms with Crippen molar-refractivity contribution in [3.8, 4) is 11.5 Å². The molecule has 4 aromatic carbocycles. The second-order valence-electron chi connectivity index (χ2n) is 8.73. The van der Waals surface area contributed by atoms with E-state index in [1.165, 1.54) is 30.1 Å². The number of sulfonamides is 1. The molecule has 0 atom stereocenters. The van der Waals surface area contributed by atoms with Crippen molar-refractivity contribution < 1.29 is 27.5 Å². The second-order valence-corrected chi connectivity index (χ2v) is 11.5. The van der Waals surface area contributed by atoms with E-state index < -0.39 is 28.4 Å². The minimum Gasteiger partial charge on any atom is -0.494 e. The number of amides is 1. The number of esters is 1. The van der Waals surface area contributed by atoms with Gasteiger partial charge in [0.25, 0.3) is 15.9 Å². The summed E-state index contributed by atoms with van der Waals surface area (Å²) in [5, 5.41) is 3.97. The number of nitrogens with one attached hydrogen (secondary N) is 1. The maximum Gasteiger partial charge on any atom is 0.343 e. The Balaban J connectivity index is 1.44. The fraction of sp³-hybridized carbons (Fsp3) is 0.129. The Bertz CT molecular complexity index is 1630. The Hall–Kier alpha value is -4.61. The Morgan fingerprint density at radius 1 is 0.881 bits per heavy atom. The van der Waals surface area contributed by atoms with E-state index in [0.717, 1.165) is 9.20 Å². The van der Waals surface area contributed by atoms with Crippen LogP contribution in [-0.4, -0.2) is 45.9 Å². The number of carbonyl (C=O) groups excluding carboxylic acids is 2. The molecule has 42 heavy (non-hydrogen) atoms. The molecule has 9 nitrogen and oxygen atoms in total. The molecule has 0 aromatic heterocycles. The molecule has 4 aromatic rings. The molecular formula is C31H29N3O6S2. The maximum absolute atomic E-state index is 13.6. The highest BCUT2D eigenvalue weighted by molar-refractivity contribution is 7.98. The van der Waals surface area contributed by atoms with Gasteiger partial charge in [-0.25, -0.2) is 18.6 Å². The van der Waals surface area contributed by atoms with Crippen molar-refractivity contribution in [2.45, 2.75) is 16.7 Å². The summed E-state index contributed by atoms with van der Waals surface area (Å²) in [5.41, 5.74) is 3.74. The largest absolute Gasteiger partial charge is 0.494 e. The molecule has 0 radical (unpaired) electrons. The minimum absolute atomic E-state index is 0.0542. The number of anilines is 1. The van der Waals surface area contributed by atoms with E-state index in [-0.39, 0.29) is 4.90 Å². The van der Waals surface area contributed by atoms with Gasteiger partial charge in [0.2, 0.25) is 0 Å². The van der Waals surface area contributed by atoms with Gasteiger partial charge in [-0.3, -0.25) is 9.10 Å². The van der Waals surface area contributed by atoms with Gasteiger partial charge in [-0.15, -0.1) is 11.8 Å². The van der Waals surface area contributed by atoms with Crippen LogP contribution in [0.15, 0.2) is 118 Å². The summed E-state index contributed by atoms with van der Waals surface area (Å²) in [4.78, 5) is 26.0. The molecule has 0 saturated heterocycles. The minimum atomic E-state index is -4.08. The zero-order chi connectivity index (χ0) is 30.0. The fourth-order valence-corrected chi connectivity index (χ4v) is 5.60. The zero-order valence-electron chi connectivity index (χ0n) is 23.0. The van der Waals surface area contributed by atoms with Gasteiger partial charge in [0.15, 0.2) is 0 Å². The van der Waals surface area contributed by atoms with Gasteiger partial charge < -0.3 is 9.47 Å². The van der Waals surface area contributed by atoms with Gasteiger partial charge in [-0.2, -0.15) is 5.10 Å². The number of hydrogen-bond donors (Lipinski definition) is 1. The molecular weight excluding hydrogens is 574 g/mol. The predicted octanol–water partition coefficient (Wildman–Crippen LogP) is 5.37. The van der Waals surface area contributed by atoms with E-state index in [2.05, 4.69) is 10.5 Å². The summed E-state index contributed by atoms with van der Waals surface area (Å²) in [5.74, 6) is -0.181. The lowest BCUT2D eigenvalue weighted by Gasteiger charge is -2.24. The SMILES string of the molecule is CCOc1ccc(N(CC(=O)NN=Cc2ccc(OC(=O)c3ccccc3)cc2)S(=O)(=O)c2ccc(SC)cc2)cc1. The van der Waals surface area contributed by atoms with Crippen LogP contribution in [-0.2, 0) is 14.8 Å². The Morgan fingerprint density at radius 3 is 2.14 bits per heavy atom. The number of nitrogens with zero attached hydrogens (tertiary/aromatic N) is 2. The topological polar surface area (TPSA) is 114 Å². The molecule has 4 rings (SSSR count). The van der Waals surface area contributed by atoms with Gasteiger partial charge in [0.05, 0.1) is 29.0 Å². The van der Waals surface area contributed by atoms with Crippen molar-refractivity contribution in [2.75, 3.05) is 23.7 Å². The van der Waals surface area contributed by atoms with Crippen LogP contribution >= 0.6 is 11.8 Å². The van der Waals surface area contributed by atoms with E-state index in [1.54, 1.807) is 84.9 Å². The van der Waals surface area contributed by atoms with E-state index in [4.69, 9.17) is 9.47 Å². The van der Waals surface area contributed by atoms with E-state index in [9.17, 15) is 18.0 Å². The predicted molar refractivity (Wildman–Crippen MR) is 164 cm³/mol. The van der Waals surface area contributed by atoms with Crippen LogP contribution in [0.25, 0.3) is 0 Å². The van der Waals surface area contributed by atoms with Crippen LogP contribution < -0.4 is 19.2 Å².